The van der Waals surface area contributed by atoms with Crippen LogP contribution in [0.2, 0.25) is 0 Å². The molecule has 1 saturated heterocycles. The van der Waals surface area contributed by atoms with Gasteiger partial charge in [-0.2, -0.15) is 0 Å². The highest BCUT2D eigenvalue weighted by Gasteiger charge is 2.47. The third kappa shape index (κ3) is 2.78. The molecular weight excluding hydrogens is 278 g/mol. The molecule has 2 amide bonds. The standard InChI is InChI=1S/C17H27N3O2/c18-15(21)13-7-1-2-8-14(13)19-16(22)17(9-3-4-10-17)20-11-5-6-12-20/h1-2,13-14H,3-12H2,(H2,18,21)(H,19,22)/t13-,14-/m1/s1. The van der Waals surface area contributed by atoms with E-state index < -0.39 is 0 Å². The van der Waals surface area contributed by atoms with Crippen LogP contribution in [0.25, 0.3) is 0 Å². The maximum Gasteiger partial charge on any atom is 0.240 e. The van der Waals surface area contributed by atoms with Gasteiger partial charge in [0.15, 0.2) is 0 Å². The van der Waals surface area contributed by atoms with Crippen molar-refractivity contribution >= 4 is 11.8 Å². The zero-order valence-electron chi connectivity index (χ0n) is 13.2. The number of amides is 2. The molecule has 1 aliphatic heterocycles. The molecule has 2 atom stereocenters. The highest BCUT2D eigenvalue weighted by atomic mass is 16.2. The van der Waals surface area contributed by atoms with E-state index in [1.165, 1.54) is 12.8 Å². The lowest BCUT2D eigenvalue weighted by atomic mass is 9.86. The molecule has 2 fully saturated rings. The lowest BCUT2D eigenvalue weighted by Gasteiger charge is -2.39. The summed E-state index contributed by atoms with van der Waals surface area (Å²) in [5, 5.41) is 3.18. The lowest BCUT2D eigenvalue weighted by molar-refractivity contribution is -0.134. The van der Waals surface area contributed by atoms with Crippen molar-refractivity contribution in [2.75, 3.05) is 13.1 Å². The smallest absolute Gasteiger partial charge is 0.240 e. The molecule has 0 aromatic carbocycles. The van der Waals surface area contributed by atoms with Crippen LogP contribution in [0.4, 0.5) is 0 Å². The number of carbonyl (C=O) groups excluding carboxylic acids is 2. The maximum absolute atomic E-state index is 13.1. The first-order valence-corrected chi connectivity index (χ1v) is 8.64. The number of hydrogen-bond donors (Lipinski definition) is 2. The molecule has 0 spiro atoms. The predicted octanol–water partition coefficient (Wildman–Crippen LogP) is 1.33. The summed E-state index contributed by atoms with van der Waals surface area (Å²) in [6.45, 7) is 2.05. The second-order valence-corrected chi connectivity index (χ2v) is 6.96. The molecule has 3 rings (SSSR count). The molecule has 5 heteroatoms. The Kier molecular flexibility index (Phi) is 4.52. The summed E-state index contributed by atoms with van der Waals surface area (Å²) >= 11 is 0. The van der Waals surface area contributed by atoms with Gasteiger partial charge in [0.25, 0.3) is 0 Å². The second kappa shape index (κ2) is 6.41. The van der Waals surface area contributed by atoms with E-state index in [0.29, 0.717) is 12.8 Å². The molecular formula is C17H27N3O2. The van der Waals surface area contributed by atoms with Crippen LogP contribution in [-0.4, -0.2) is 41.4 Å². The zero-order valence-corrected chi connectivity index (χ0v) is 13.2. The Morgan fingerprint density at radius 2 is 1.68 bits per heavy atom. The van der Waals surface area contributed by atoms with Gasteiger partial charge in [-0.05, 0) is 51.6 Å². The van der Waals surface area contributed by atoms with Crippen LogP contribution in [0.15, 0.2) is 12.2 Å². The average molecular weight is 305 g/mol. The van der Waals surface area contributed by atoms with E-state index in [0.717, 1.165) is 38.8 Å². The van der Waals surface area contributed by atoms with Gasteiger partial charge >= 0.3 is 0 Å². The Morgan fingerprint density at radius 1 is 1.05 bits per heavy atom. The maximum atomic E-state index is 13.1. The number of allylic oxidation sites excluding steroid dienone is 1. The van der Waals surface area contributed by atoms with Gasteiger partial charge in [0.05, 0.1) is 5.92 Å². The summed E-state index contributed by atoms with van der Waals surface area (Å²) in [7, 11) is 0. The second-order valence-electron chi connectivity index (χ2n) is 6.96. The molecule has 0 unspecified atom stereocenters. The number of rotatable bonds is 4. The van der Waals surface area contributed by atoms with Crippen LogP contribution in [0.3, 0.4) is 0 Å². The largest absolute Gasteiger partial charge is 0.369 e. The fourth-order valence-corrected chi connectivity index (χ4v) is 4.38. The fraction of sp³-hybridized carbons (Fsp3) is 0.765. The Balaban J connectivity index is 1.73. The number of nitrogens with two attached hydrogens (primary N) is 1. The molecule has 1 heterocycles. The number of carbonyl (C=O) groups is 2. The van der Waals surface area contributed by atoms with E-state index in [2.05, 4.69) is 10.2 Å². The summed E-state index contributed by atoms with van der Waals surface area (Å²) < 4.78 is 0. The highest BCUT2D eigenvalue weighted by Crippen LogP contribution is 2.38. The molecule has 0 aromatic rings. The van der Waals surface area contributed by atoms with Crippen molar-refractivity contribution in [2.24, 2.45) is 11.7 Å². The van der Waals surface area contributed by atoms with Crippen molar-refractivity contribution in [1.82, 2.24) is 10.2 Å². The molecule has 5 nitrogen and oxygen atoms in total. The summed E-state index contributed by atoms with van der Waals surface area (Å²) in [5.41, 5.74) is 5.17. The first kappa shape index (κ1) is 15.5. The van der Waals surface area contributed by atoms with Crippen molar-refractivity contribution in [3.05, 3.63) is 12.2 Å². The third-order valence-electron chi connectivity index (χ3n) is 5.68. The quantitative estimate of drug-likeness (QED) is 0.769. The Morgan fingerprint density at radius 3 is 2.32 bits per heavy atom. The minimum Gasteiger partial charge on any atom is -0.369 e. The van der Waals surface area contributed by atoms with Gasteiger partial charge < -0.3 is 11.1 Å². The van der Waals surface area contributed by atoms with Crippen molar-refractivity contribution in [3.8, 4) is 0 Å². The third-order valence-corrected chi connectivity index (χ3v) is 5.68. The number of nitrogens with zero attached hydrogens (tertiary/aromatic N) is 1. The number of primary amides is 1. The summed E-state index contributed by atoms with van der Waals surface area (Å²) in [6, 6.07) is -0.143. The Hall–Kier alpha value is -1.36. The topological polar surface area (TPSA) is 75.4 Å². The lowest BCUT2D eigenvalue weighted by Crippen LogP contribution is -2.59. The molecule has 122 valence electrons. The monoisotopic (exact) mass is 305 g/mol. The Labute approximate surface area is 132 Å². The van der Waals surface area contributed by atoms with Crippen molar-refractivity contribution in [2.45, 2.75) is 62.9 Å². The first-order chi connectivity index (χ1) is 10.6. The normalized spacial score (nSPS) is 31.3. The van der Waals surface area contributed by atoms with Crippen LogP contribution in [0.1, 0.15) is 51.4 Å². The van der Waals surface area contributed by atoms with E-state index in [9.17, 15) is 9.59 Å². The van der Waals surface area contributed by atoms with Gasteiger partial charge in [-0.3, -0.25) is 14.5 Å². The number of likely N-dealkylation sites (tertiary alicyclic amines) is 1. The zero-order chi connectivity index (χ0) is 15.6. The van der Waals surface area contributed by atoms with Gasteiger partial charge in [-0.1, -0.05) is 25.0 Å². The van der Waals surface area contributed by atoms with Gasteiger partial charge in [-0.15, -0.1) is 0 Å². The van der Waals surface area contributed by atoms with Gasteiger partial charge in [0, 0.05) is 6.04 Å². The fourth-order valence-electron chi connectivity index (χ4n) is 4.38. The van der Waals surface area contributed by atoms with Crippen molar-refractivity contribution in [3.63, 3.8) is 0 Å². The molecule has 0 radical (unpaired) electrons. The van der Waals surface area contributed by atoms with E-state index in [1.807, 2.05) is 12.2 Å². The first-order valence-electron chi connectivity index (χ1n) is 8.64. The van der Waals surface area contributed by atoms with Crippen LogP contribution < -0.4 is 11.1 Å². The molecule has 0 bridgehead atoms. The average Bonchev–Trinajstić information content (AvgIpc) is 3.19. The van der Waals surface area contributed by atoms with E-state index >= 15 is 0 Å². The van der Waals surface area contributed by atoms with Crippen LogP contribution in [-0.2, 0) is 9.59 Å². The van der Waals surface area contributed by atoms with Gasteiger partial charge in [0.1, 0.15) is 5.54 Å². The molecule has 22 heavy (non-hydrogen) atoms. The SMILES string of the molecule is NC(=O)[C@@H]1CC=CC[C@H]1NC(=O)C1(N2CCCC2)CCCC1. The van der Waals surface area contributed by atoms with Gasteiger partial charge in [-0.25, -0.2) is 0 Å². The summed E-state index contributed by atoms with van der Waals surface area (Å²) in [4.78, 5) is 27.1. The minimum atomic E-state index is -0.333. The molecule has 3 N–H and O–H groups in total. The van der Waals surface area contributed by atoms with E-state index in [4.69, 9.17) is 5.73 Å². The Bertz CT molecular complexity index is 463. The van der Waals surface area contributed by atoms with Crippen molar-refractivity contribution in [1.29, 1.82) is 0 Å². The molecule has 3 aliphatic rings. The molecule has 1 saturated carbocycles. The van der Waals surface area contributed by atoms with Crippen LogP contribution in [0, 0.1) is 5.92 Å². The summed E-state index contributed by atoms with van der Waals surface area (Å²) in [5.74, 6) is -0.458. The summed E-state index contributed by atoms with van der Waals surface area (Å²) in [6.07, 6.45) is 11.9. The highest BCUT2D eigenvalue weighted by molar-refractivity contribution is 5.88. The molecule has 2 aliphatic carbocycles. The number of nitrogens with one attached hydrogen (secondary N) is 1. The van der Waals surface area contributed by atoms with Crippen molar-refractivity contribution < 1.29 is 9.59 Å². The van der Waals surface area contributed by atoms with E-state index in [1.54, 1.807) is 0 Å². The van der Waals surface area contributed by atoms with E-state index in [-0.39, 0.29) is 29.3 Å². The minimum absolute atomic E-state index is 0.124. The molecule has 0 aromatic heterocycles. The van der Waals surface area contributed by atoms with Gasteiger partial charge in [0.2, 0.25) is 11.8 Å². The number of hydrogen-bond acceptors (Lipinski definition) is 3. The van der Waals surface area contributed by atoms with Crippen LogP contribution >= 0.6 is 0 Å². The predicted molar refractivity (Wildman–Crippen MR) is 85.0 cm³/mol. The van der Waals surface area contributed by atoms with Crippen LogP contribution in [0.5, 0.6) is 0 Å².